The van der Waals surface area contributed by atoms with E-state index in [1.165, 1.54) is 26.0 Å². The summed E-state index contributed by atoms with van der Waals surface area (Å²) < 4.78 is 20.6. The summed E-state index contributed by atoms with van der Waals surface area (Å²) in [7, 11) is 1.47. The van der Waals surface area contributed by atoms with E-state index in [2.05, 4.69) is 17.2 Å². The number of benzene rings is 1. The van der Waals surface area contributed by atoms with Crippen LogP contribution in [-0.4, -0.2) is 22.7 Å². The van der Waals surface area contributed by atoms with Gasteiger partial charge in [-0.15, -0.1) is 0 Å². The Bertz CT molecular complexity index is 626. The molecule has 21 heavy (non-hydrogen) atoms. The predicted octanol–water partition coefficient (Wildman–Crippen LogP) is 3.22. The summed E-state index contributed by atoms with van der Waals surface area (Å²) in [5.41, 5.74) is 1.97. The highest BCUT2D eigenvalue weighted by Gasteiger charge is 2.22. The Morgan fingerprint density at radius 3 is 3.00 bits per heavy atom. The van der Waals surface area contributed by atoms with Gasteiger partial charge in [-0.05, 0) is 38.3 Å². The topological polar surface area (TPSA) is 39.1 Å². The average Bonchev–Trinajstić information content (AvgIpc) is 2.97. The van der Waals surface area contributed by atoms with Crippen LogP contribution >= 0.6 is 0 Å². The number of piperidine rings is 1. The maximum Gasteiger partial charge on any atom is 0.165 e. The number of methoxy groups -OCH3 is 1. The largest absolute Gasteiger partial charge is 0.494 e. The standard InChI is InChI=1S/C16H20FN3O/c1-11-4-3-5-14(19-11)15-9-18-10-20(15)12-6-7-13(17)16(8-12)21-2/h6-11,14,19H,3-5H2,1-2H3. The van der Waals surface area contributed by atoms with Gasteiger partial charge in [0.1, 0.15) is 0 Å². The monoisotopic (exact) mass is 289 g/mol. The molecule has 0 amide bonds. The molecule has 4 nitrogen and oxygen atoms in total. The highest BCUT2D eigenvalue weighted by Crippen LogP contribution is 2.28. The van der Waals surface area contributed by atoms with Crippen LogP contribution < -0.4 is 10.1 Å². The molecule has 112 valence electrons. The van der Waals surface area contributed by atoms with Crippen molar-refractivity contribution in [3.8, 4) is 11.4 Å². The van der Waals surface area contributed by atoms with Gasteiger partial charge in [0, 0.05) is 18.2 Å². The summed E-state index contributed by atoms with van der Waals surface area (Å²) in [5.74, 6) is -0.107. The number of halogens is 1. The van der Waals surface area contributed by atoms with Gasteiger partial charge in [-0.2, -0.15) is 0 Å². The van der Waals surface area contributed by atoms with Crippen LogP contribution in [0.3, 0.4) is 0 Å². The fourth-order valence-corrected chi connectivity index (χ4v) is 2.95. The van der Waals surface area contributed by atoms with E-state index in [-0.39, 0.29) is 17.6 Å². The van der Waals surface area contributed by atoms with Crippen LogP contribution in [0.2, 0.25) is 0 Å². The van der Waals surface area contributed by atoms with E-state index in [4.69, 9.17) is 4.74 Å². The van der Waals surface area contributed by atoms with Gasteiger partial charge < -0.3 is 14.6 Å². The molecule has 2 unspecified atom stereocenters. The third-order valence-electron chi connectivity index (χ3n) is 4.05. The highest BCUT2D eigenvalue weighted by molar-refractivity contribution is 5.41. The van der Waals surface area contributed by atoms with Crippen LogP contribution in [0.4, 0.5) is 4.39 Å². The second-order valence-corrected chi connectivity index (χ2v) is 5.56. The van der Waals surface area contributed by atoms with Crippen molar-refractivity contribution in [3.63, 3.8) is 0 Å². The molecule has 0 saturated carbocycles. The SMILES string of the molecule is COc1cc(-n2cncc2C2CCCC(C)N2)ccc1F. The number of rotatable bonds is 3. The Hall–Kier alpha value is -1.88. The molecule has 1 aliphatic heterocycles. The lowest BCUT2D eigenvalue weighted by molar-refractivity contribution is 0.334. The van der Waals surface area contributed by atoms with Crippen molar-refractivity contribution >= 4 is 0 Å². The summed E-state index contributed by atoms with van der Waals surface area (Å²) >= 11 is 0. The Kier molecular flexibility index (Phi) is 3.92. The van der Waals surface area contributed by atoms with Crippen LogP contribution in [-0.2, 0) is 0 Å². The van der Waals surface area contributed by atoms with E-state index in [0.29, 0.717) is 6.04 Å². The highest BCUT2D eigenvalue weighted by atomic mass is 19.1. The second-order valence-electron chi connectivity index (χ2n) is 5.56. The first-order valence-corrected chi connectivity index (χ1v) is 7.31. The summed E-state index contributed by atoms with van der Waals surface area (Å²) in [6.45, 7) is 2.20. The number of imidazole rings is 1. The van der Waals surface area contributed by atoms with Gasteiger partial charge in [0.2, 0.25) is 0 Å². The fourth-order valence-electron chi connectivity index (χ4n) is 2.95. The molecular weight excluding hydrogens is 269 g/mol. The van der Waals surface area contributed by atoms with Crippen LogP contribution in [0.15, 0.2) is 30.7 Å². The first-order chi connectivity index (χ1) is 10.2. The van der Waals surface area contributed by atoms with E-state index < -0.39 is 0 Å². The molecule has 0 aliphatic carbocycles. The Morgan fingerprint density at radius 2 is 2.24 bits per heavy atom. The number of hydrogen-bond donors (Lipinski definition) is 1. The first kappa shape index (κ1) is 14.1. The van der Waals surface area contributed by atoms with Crippen molar-refractivity contribution in [1.82, 2.24) is 14.9 Å². The number of ether oxygens (including phenoxy) is 1. The summed E-state index contributed by atoms with van der Waals surface area (Å²) in [5, 5.41) is 3.60. The van der Waals surface area contributed by atoms with Gasteiger partial charge in [0.15, 0.2) is 11.6 Å². The minimum Gasteiger partial charge on any atom is -0.494 e. The van der Waals surface area contributed by atoms with Crippen LogP contribution in [0, 0.1) is 5.82 Å². The Balaban J connectivity index is 1.95. The molecule has 0 radical (unpaired) electrons. The molecule has 0 spiro atoms. The smallest absolute Gasteiger partial charge is 0.165 e. The van der Waals surface area contributed by atoms with E-state index in [1.807, 2.05) is 10.8 Å². The van der Waals surface area contributed by atoms with Crippen molar-refractivity contribution in [2.45, 2.75) is 38.3 Å². The normalized spacial score (nSPS) is 22.2. The van der Waals surface area contributed by atoms with E-state index >= 15 is 0 Å². The lowest BCUT2D eigenvalue weighted by Crippen LogP contribution is -2.35. The molecular formula is C16H20FN3O. The first-order valence-electron chi connectivity index (χ1n) is 7.31. The van der Waals surface area contributed by atoms with Crippen LogP contribution in [0.1, 0.15) is 37.9 Å². The molecule has 1 saturated heterocycles. The molecule has 0 bridgehead atoms. The van der Waals surface area contributed by atoms with Crippen molar-refractivity contribution in [2.24, 2.45) is 0 Å². The number of nitrogens with one attached hydrogen (secondary N) is 1. The lowest BCUT2D eigenvalue weighted by atomic mass is 9.97. The molecule has 2 atom stereocenters. The molecule has 2 aromatic rings. The zero-order valence-electron chi connectivity index (χ0n) is 12.3. The second kappa shape index (κ2) is 5.85. The van der Waals surface area contributed by atoms with Crippen LogP contribution in [0.5, 0.6) is 5.75 Å². The molecule has 1 aromatic carbocycles. The number of nitrogens with zero attached hydrogens (tertiary/aromatic N) is 2. The Morgan fingerprint density at radius 1 is 1.38 bits per heavy atom. The molecule has 1 aromatic heterocycles. The summed E-state index contributed by atoms with van der Waals surface area (Å²) in [4.78, 5) is 4.27. The molecule has 2 heterocycles. The molecule has 1 N–H and O–H groups in total. The fraction of sp³-hybridized carbons (Fsp3) is 0.438. The summed E-state index contributed by atoms with van der Waals surface area (Å²) in [6, 6.07) is 5.67. The number of hydrogen-bond acceptors (Lipinski definition) is 3. The average molecular weight is 289 g/mol. The van der Waals surface area contributed by atoms with Gasteiger partial charge >= 0.3 is 0 Å². The van der Waals surface area contributed by atoms with Gasteiger partial charge in [0.25, 0.3) is 0 Å². The van der Waals surface area contributed by atoms with E-state index in [0.717, 1.165) is 17.8 Å². The van der Waals surface area contributed by atoms with Gasteiger partial charge in [-0.3, -0.25) is 0 Å². The maximum atomic E-state index is 13.6. The lowest BCUT2D eigenvalue weighted by Gasteiger charge is -2.29. The predicted molar refractivity (Wildman–Crippen MR) is 79.3 cm³/mol. The third-order valence-corrected chi connectivity index (χ3v) is 4.05. The molecule has 5 heteroatoms. The van der Waals surface area contributed by atoms with Crippen molar-refractivity contribution in [2.75, 3.05) is 7.11 Å². The molecule has 3 rings (SSSR count). The zero-order chi connectivity index (χ0) is 14.8. The minimum absolute atomic E-state index is 0.247. The van der Waals surface area contributed by atoms with E-state index in [9.17, 15) is 4.39 Å². The Labute approximate surface area is 124 Å². The molecule has 1 aliphatic rings. The third kappa shape index (κ3) is 2.78. The van der Waals surface area contributed by atoms with E-state index in [1.54, 1.807) is 18.5 Å². The maximum absolute atomic E-state index is 13.6. The van der Waals surface area contributed by atoms with Crippen molar-refractivity contribution < 1.29 is 9.13 Å². The van der Waals surface area contributed by atoms with Crippen LogP contribution in [0.25, 0.3) is 5.69 Å². The molecule has 1 fully saturated rings. The summed E-state index contributed by atoms with van der Waals surface area (Å²) in [6.07, 6.45) is 7.15. The van der Waals surface area contributed by atoms with Gasteiger partial charge in [-0.1, -0.05) is 0 Å². The van der Waals surface area contributed by atoms with Gasteiger partial charge in [0.05, 0.1) is 31.0 Å². The number of aromatic nitrogens is 2. The van der Waals surface area contributed by atoms with Crippen molar-refractivity contribution in [1.29, 1.82) is 0 Å². The zero-order valence-corrected chi connectivity index (χ0v) is 12.3. The minimum atomic E-state index is -0.354. The quantitative estimate of drug-likeness (QED) is 0.943. The van der Waals surface area contributed by atoms with Crippen molar-refractivity contribution in [3.05, 3.63) is 42.2 Å². The van der Waals surface area contributed by atoms with Gasteiger partial charge in [-0.25, -0.2) is 9.37 Å².